The van der Waals surface area contributed by atoms with E-state index in [2.05, 4.69) is 15.5 Å². The van der Waals surface area contributed by atoms with E-state index in [1.165, 1.54) is 6.07 Å². The van der Waals surface area contributed by atoms with Crippen molar-refractivity contribution in [3.8, 4) is 5.75 Å². The van der Waals surface area contributed by atoms with E-state index in [-0.39, 0.29) is 24.2 Å². The second kappa shape index (κ2) is 5.28. The van der Waals surface area contributed by atoms with Gasteiger partial charge >= 0.3 is 0 Å². The number of hydrogen-bond donors (Lipinski definition) is 2. The van der Waals surface area contributed by atoms with Crippen molar-refractivity contribution < 1.29 is 13.9 Å². The van der Waals surface area contributed by atoms with Crippen LogP contribution in [0.1, 0.15) is 6.92 Å². The molecule has 108 valence electrons. The molecule has 1 unspecified atom stereocenters. The van der Waals surface area contributed by atoms with Crippen molar-refractivity contribution in [3.05, 3.63) is 17.9 Å². The predicted molar refractivity (Wildman–Crippen MR) is 74.8 cm³/mol. The lowest BCUT2D eigenvalue weighted by Crippen LogP contribution is -2.43. The van der Waals surface area contributed by atoms with E-state index in [9.17, 15) is 9.18 Å². The summed E-state index contributed by atoms with van der Waals surface area (Å²) in [6, 6.07) is 3.27. The zero-order valence-corrected chi connectivity index (χ0v) is 11.4. The number of ether oxygens (including phenoxy) is 1. The smallest absolute Gasteiger partial charge is 0.230 e. The summed E-state index contributed by atoms with van der Waals surface area (Å²) in [5.74, 6) is -0.711. The summed E-state index contributed by atoms with van der Waals surface area (Å²) in [6.07, 6.45) is 0. The number of carbonyl (C=O) groups is 1. The highest BCUT2D eigenvalue weighted by Crippen LogP contribution is 2.35. The van der Waals surface area contributed by atoms with Crippen LogP contribution in [-0.4, -0.2) is 38.7 Å². The zero-order valence-electron chi connectivity index (χ0n) is 11.4. The van der Waals surface area contributed by atoms with Crippen LogP contribution in [0.15, 0.2) is 12.1 Å². The molecule has 0 saturated carbocycles. The van der Waals surface area contributed by atoms with Crippen LogP contribution in [0.25, 0.3) is 0 Å². The average Bonchev–Trinajstić information content (AvgIpc) is 2.60. The molecule has 1 amide bonds. The lowest BCUT2D eigenvalue weighted by molar-refractivity contribution is -0.119. The van der Waals surface area contributed by atoms with Crippen molar-refractivity contribution in [3.63, 3.8) is 0 Å². The van der Waals surface area contributed by atoms with Gasteiger partial charge in [-0.25, -0.2) is 4.39 Å². The summed E-state index contributed by atoms with van der Waals surface area (Å²) < 4.78 is 19.6. The van der Waals surface area contributed by atoms with Gasteiger partial charge in [0.1, 0.15) is 0 Å². The van der Waals surface area contributed by atoms with Crippen molar-refractivity contribution in [2.75, 3.05) is 43.0 Å². The topological polar surface area (TPSA) is 53.6 Å². The van der Waals surface area contributed by atoms with Gasteiger partial charge in [0.15, 0.2) is 11.6 Å². The Hall–Kier alpha value is -1.82. The molecule has 6 heteroatoms. The maximum atomic E-state index is 14.2. The third-order valence-electron chi connectivity index (χ3n) is 3.69. The average molecular weight is 279 g/mol. The number of carbonyl (C=O) groups excluding carboxylic acids is 1. The third-order valence-corrected chi connectivity index (χ3v) is 3.69. The van der Waals surface area contributed by atoms with Gasteiger partial charge in [-0.2, -0.15) is 0 Å². The molecule has 1 aromatic rings. The number of halogens is 1. The number of nitrogens with zero attached hydrogens (tertiary/aromatic N) is 1. The van der Waals surface area contributed by atoms with E-state index in [1.807, 2.05) is 0 Å². The summed E-state index contributed by atoms with van der Waals surface area (Å²) in [5, 5.41) is 6.00. The van der Waals surface area contributed by atoms with E-state index in [0.29, 0.717) is 5.69 Å². The Morgan fingerprint density at radius 1 is 1.35 bits per heavy atom. The SMILES string of the molecule is CC1COc2c(F)cc(N3CCNCC3)cc2NC1=O. The second-order valence-corrected chi connectivity index (χ2v) is 5.24. The first-order valence-corrected chi connectivity index (χ1v) is 6.88. The van der Waals surface area contributed by atoms with Crippen LogP contribution in [0.5, 0.6) is 5.75 Å². The van der Waals surface area contributed by atoms with Gasteiger partial charge in [-0.1, -0.05) is 6.92 Å². The molecule has 2 N–H and O–H groups in total. The van der Waals surface area contributed by atoms with Gasteiger partial charge in [0, 0.05) is 37.9 Å². The van der Waals surface area contributed by atoms with E-state index < -0.39 is 5.82 Å². The molecule has 1 fully saturated rings. The molecule has 1 atom stereocenters. The van der Waals surface area contributed by atoms with Gasteiger partial charge in [-0.3, -0.25) is 4.79 Å². The van der Waals surface area contributed by atoms with Gasteiger partial charge in [0.25, 0.3) is 0 Å². The maximum absolute atomic E-state index is 14.2. The lowest BCUT2D eigenvalue weighted by Gasteiger charge is -2.30. The minimum absolute atomic E-state index is 0.138. The van der Waals surface area contributed by atoms with E-state index in [0.717, 1.165) is 31.9 Å². The third kappa shape index (κ3) is 2.43. The molecule has 0 aliphatic carbocycles. The van der Waals surface area contributed by atoms with Gasteiger partial charge in [0.05, 0.1) is 18.2 Å². The molecule has 0 spiro atoms. The Morgan fingerprint density at radius 2 is 2.10 bits per heavy atom. The van der Waals surface area contributed by atoms with Crippen molar-refractivity contribution in [2.45, 2.75) is 6.92 Å². The molecule has 2 aliphatic rings. The first-order chi connectivity index (χ1) is 9.65. The first kappa shape index (κ1) is 13.2. The molecule has 2 aliphatic heterocycles. The van der Waals surface area contributed by atoms with Gasteiger partial charge in [-0.05, 0) is 6.07 Å². The number of piperazine rings is 1. The molecular formula is C14H18FN3O2. The summed E-state index contributed by atoms with van der Waals surface area (Å²) in [5.41, 5.74) is 1.20. The Morgan fingerprint density at radius 3 is 2.85 bits per heavy atom. The van der Waals surface area contributed by atoms with Crippen molar-refractivity contribution in [1.82, 2.24) is 5.32 Å². The quantitative estimate of drug-likeness (QED) is 0.811. The second-order valence-electron chi connectivity index (χ2n) is 5.24. The minimum atomic E-state index is -0.426. The molecule has 0 radical (unpaired) electrons. The molecule has 1 saturated heterocycles. The standard InChI is InChI=1S/C14H18FN3O2/c1-9-8-20-13-11(15)6-10(7-12(13)17-14(9)19)18-4-2-16-3-5-18/h6-7,9,16H,2-5,8H2,1H3,(H,17,19). The van der Waals surface area contributed by atoms with Crippen molar-refractivity contribution in [2.24, 2.45) is 5.92 Å². The molecule has 0 aromatic heterocycles. The van der Waals surface area contributed by atoms with E-state index in [1.54, 1.807) is 13.0 Å². The number of hydrogen-bond acceptors (Lipinski definition) is 4. The number of rotatable bonds is 1. The summed E-state index contributed by atoms with van der Waals surface area (Å²) in [7, 11) is 0. The lowest BCUT2D eigenvalue weighted by atomic mass is 10.2. The molecule has 20 heavy (non-hydrogen) atoms. The summed E-state index contributed by atoms with van der Waals surface area (Å²) in [6.45, 7) is 5.35. The first-order valence-electron chi connectivity index (χ1n) is 6.88. The molecule has 5 nitrogen and oxygen atoms in total. The number of amides is 1. The highest BCUT2D eigenvalue weighted by molar-refractivity contribution is 5.95. The predicted octanol–water partition coefficient (Wildman–Crippen LogP) is 1.20. The van der Waals surface area contributed by atoms with Crippen LogP contribution in [0.3, 0.4) is 0 Å². The Balaban J connectivity index is 1.94. The number of fused-ring (bicyclic) bond motifs is 1. The van der Waals surface area contributed by atoms with Gasteiger partial charge < -0.3 is 20.3 Å². The largest absolute Gasteiger partial charge is 0.488 e. The van der Waals surface area contributed by atoms with Gasteiger partial charge in [0.2, 0.25) is 5.91 Å². The molecule has 1 aromatic carbocycles. The van der Waals surface area contributed by atoms with Crippen molar-refractivity contribution >= 4 is 17.3 Å². The van der Waals surface area contributed by atoms with Crippen LogP contribution in [0.2, 0.25) is 0 Å². The van der Waals surface area contributed by atoms with Crippen LogP contribution < -0.4 is 20.3 Å². The normalized spacial score (nSPS) is 22.6. The molecule has 0 bridgehead atoms. The fraction of sp³-hybridized carbons (Fsp3) is 0.500. The van der Waals surface area contributed by atoms with Crippen LogP contribution in [0.4, 0.5) is 15.8 Å². The Bertz CT molecular complexity index is 529. The summed E-state index contributed by atoms with van der Waals surface area (Å²) in [4.78, 5) is 13.9. The number of anilines is 2. The fourth-order valence-electron chi connectivity index (χ4n) is 2.46. The fourth-order valence-corrected chi connectivity index (χ4v) is 2.46. The minimum Gasteiger partial charge on any atom is -0.488 e. The molecule has 2 heterocycles. The van der Waals surface area contributed by atoms with Crippen LogP contribution >= 0.6 is 0 Å². The summed E-state index contributed by atoms with van der Waals surface area (Å²) >= 11 is 0. The van der Waals surface area contributed by atoms with Crippen LogP contribution in [-0.2, 0) is 4.79 Å². The molecular weight excluding hydrogens is 261 g/mol. The maximum Gasteiger partial charge on any atom is 0.230 e. The zero-order chi connectivity index (χ0) is 14.1. The number of benzene rings is 1. The monoisotopic (exact) mass is 279 g/mol. The number of nitrogens with one attached hydrogen (secondary N) is 2. The Labute approximate surface area is 117 Å². The Kier molecular flexibility index (Phi) is 3.48. The highest BCUT2D eigenvalue weighted by atomic mass is 19.1. The van der Waals surface area contributed by atoms with Gasteiger partial charge in [-0.15, -0.1) is 0 Å². The molecule has 3 rings (SSSR count). The van der Waals surface area contributed by atoms with E-state index >= 15 is 0 Å². The highest BCUT2D eigenvalue weighted by Gasteiger charge is 2.25. The van der Waals surface area contributed by atoms with Crippen molar-refractivity contribution in [1.29, 1.82) is 0 Å². The van der Waals surface area contributed by atoms with Crippen LogP contribution in [0, 0.1) is 11.7 Å². The van der Waals surface area contributed by atoms with E-state index in [4.69, 9.17) is 4.74 Å².